The fourth-order valence-corrected chi connectivity index (χ4v) is 3.44. The third-order valence-electron chi connectivity index (χ3n) is 3.35. The van der Waals surface area contributed by atoms with Crippen molar-refractivity contribution in [3.05, 3.63) is 18.2 Å². The van der Waals surface area contributed by atoms with E-state index in [2.05, 4.69) is 20.6 Å². The predicted octanol–water partition coefficient (Wildman–Crippen LogP) is 0.990. The Hall–Kier alpha value is -1.70. The molecule has 2 amide bonds. The van der Waals surface area contributed by atoms with E-state index in [1.54, 1.807) is 6.20 Å². The third kappa shape index (κ3) is 5.30. The minimum atomic E-state index is -1.06. The van der Waals surface area contributed by atoms with Gasteiger partial charge < -0.3 is 20.7 Å². The van der Waals surface area contributed by atoms with E-state index in [-0.39, 0.29) is 6.42 Å². The molecule has 0 aliphatic carbocycles. The number of nitrogens with one attached hydrogen (secondary N) is 3. The number of hydrogen-bond donors (Lipinski definition) is 4. The fraction of sp³-hybridized carbons (Fsp3) is 0.615. The molecule has 1 aliphatic heterocycles. The first kappa shape index (κ1) is 15.7. The van der Waals surface area contributed by atoms with Crippen molar-refractivity contribution in [1.82, 2.24) is 20.6 Å². The largest absolute Gasteiger partial charge is 0.480 e. The SMILES string of the molecule is O=C(NCC1CCCCS1)N[C@@H](Cc1cnc[nH]1)C(=O)O. The maximum Gasteiger partial charge on any atom is 0.326 e. The second kappa shape index (κ2) is 7.92. The molecular weight excluding hydrogens is 292 g/mol. The van der Waals surface area contributed by atoms with Crippen molar-refractivity contribution in [3.63, 3.8) is 0 Å². The number of aliphatic carboxylic acids is 1. The van der Waals surface area contributed by atoms with Crippen molar-refractivity contribution in [3.8, 4) is 0 Å². The molecule has 2 heterocycles. The highest BCUT2D eigenvalue weighted by Crippen LogP contribution is 2.24. The molecule has 1 saturated heterocycles. The number of carbonyl (C=O) groups excluding carboxylic acids is 1. The minimum absolute atomic E-state index is 0.181. The quantitative estimate of drug-likeness (QED) is 0.626. The van der Waals surface area contributed by atoms with Gasteiger partial charge in [-0.15, -0.1) is 0 Å². The number of urea groups is 1. The number of aromatic nitrogens is 2. The second-order valence-electron chi connectivity index (χ2n) is 5.01. The van der Waals surface area contributed by atoms with E-state index in [0.29, 0.717) is 17.5 Å². The summed E-state index contributed by atoms with van der Waals surface area (Å²) in [5.41, 5.74) is 0.672. The van der Waals surface area contributed by atoms with Crippen LogP contribution in [0.3, 0.4) is 0 Å². The van der Waals surface area contributed by atoms with Crippen molar-refractivity contribution in [2.24, 2.45) is 0 Å². The van der Waals surface area contributed by atoms with Gasteiger partial charge in [0.25, 0.3) is 0 Å². The van der Waals surface area contributed by atoms with E-state index in [9.17, 15) is 9.59 Å². The number of carboxylic acids is 1. The van der Waals surface area contributed by atoms with E-state index >= 15 is 0 Å². The van der Waals surface area contributed by atoms with E-state index in [0.717, 1.165) is 12.2 Å². The van der Waals surface area contributed by atoms with Crippen molar-refractivity contribution in [1.29, 1.82) is 0 Å². The molecule has 4 N–H and O–H groups in total. The van der Waals surface area contributed by atoms with Crippen molar-refractivity contribution in [2.45, 2.75) is 37.0 Å². The molecule has 8 heteroatoms. The highest BCUT2D eigenvalue weighted by atomic mass is 32.2. The number of nitrogens with zero attached hydrogens (tertiary/aromatic N) is 1. The van der Waals surface area contributed by atoms with Gasteiger partial charge in [-0.2, -0.15) is 11.8 Å². The van der Waals surface area contributed by atoms with Gasteiger partial charge in [0.2, 0.25) is 0 Å². The average molecular weight is 312 g/mol. The van der Waals surface area contributed by atoms with Gasteiger partial charge in [0.15, 0.2) is 0 Å². The van der Waals surface area contributed by atoms with Gasteiger partial charge in [-0.25, -0.2) is 14.6 Å². The van der Waals surface area contributed by atoms with Crippen molar-refractivity contribution >= 4 is 23.8 Å². The maximum atomic E-state index is 11.8. The van der Waals surface area contributed by atoms with Crippen molar-refractivity contribution in [2.75, 3.05) is 12.3 Å². The Balaban J connectivity index is 1.76. The lowest BCUT2D eigenvalue weighted by Crippen LogP contribution is -2.48. The zero-order valence-electron chi connectivity index (χ0n) is 11.7. The molecule has 21 heavy (non-hydrogen) atoms. The van der Waals surface area contributed by atoms with Crippen LogP contribution in [-0.4, -0.2) is 50.7 Å². The van der Waals surface area contributed by atoms with E-state index in [1.165, 1.54) is 19.2 Å². The predicted molar refractivity (Wildman–Crippen MR) is 80.3 cm³/mol. The Labute approximate surface area is 127 Å². The Kier molecular flexibility index (Phi) is 5.91. The molecule has 0 bridgehead atoms. The van der Waals surface area contributed by atoms with Gasteiger partial charge in [-0.3, -0.25) is 0 Å². The lowest BCUT2D eigenvalue weighted by Gasteiger charge is -2.22. The van der Waals surface area contributed by atoms with Crippen LogP contribution in [0.15, 0.2) is 12.5 Å². The minimum Gasteiger partial charge on any atom is -0.480 e. The molecule has 0 radical (unpaired) electrons. The van der Waals surface area contributed by atoms with Gasteiger partial charge in [0.05, 0.1) is 6.33 Å². The first-order chi connectivity index (χ1) is 10.1. The first-order valence-corrected chi connectivity index (χ1v) is 8.06. The second-order valence-corrected chi connectivity index (χ2v) is 6.42. The zero-order chi connectivity index (χ0) is 15.1. The number of carbonyl (C=O) groups is 2. The molecule has 1 aromatic rings. The lowest BCUT2D eigenvalue weighted by atomic mass is 10.1. The van der Waals surface area contributed by atoms with Crippen LogP contribution in [0.5, 0.6) is 0 Å². The van der Waals surface area contributed by atoms with Crippen LogP contribution in [0.1, 0.15) is 25.0 Å². The Morgan fingerprint density at radius 2 is 2.38 bits per heavy atom. The summed E-state index contributed by atoms with van der Waals surface area (Å²) in [6.45, 7) is 0.576. The van der Waals surface area contributed by atoms with Gasteiger partial charge in [0, 0.05) is 30.1 Å². The topological polar surface area (TPSA) is 107 Å². The number of thioether (sulfide) groups is 1. The van der Waals surface area contributed by atoms with E-state index in [4.69, 9.17) is 5.11 Å². The van der Waals surface area contributed by atoms with Gasteiger partial charge in [-0.1, -0.05) is 6.42 Å². The molecule has 7 nitrogen and oxygen atoms in total. The normalized spacial score (nSPS) is 19.7. The monoisotopic (exact) mass is 312 g/mol. The van der Waals surface area contributed by atoms with Gasteiger partial charge in [-0.05, 0) is 18.6 Å². The van der Waals surface area contributed by atoms with Crippen LogP contribution < -0.4 is 10.6 Å². The Morgan fingerprint density at radius 3 is 3.00 bits per heavy atom. The molecule has 0 saturated carbocycles. The number of rotatable bonds is 6. The highest BCUT2D eigenvalue weighted by molar-refractivity contribution is 7.99. The fourth-order valence-electron chi connectivity index (χ4n) is 2.20. The molecule has 1 unspecified atom stereocenters. The summed E-state index contributed by atoms with van der Waals surface area (Å²) in [5, 5.41) is 14.8. The summed E-state index contributed by atoms with van der Waals surface area (Å²) in [5.74, 6) is 0.0673. The van der Waals surface area contributed by atoms with E-state index < -0.39 is 18.0 Å². The zero-order valence-corrected chi connectivity index (χ0v) is 12.5. The first-order valence-electron chi connectivity index (χ1n) is 7.01. The summed E-state index contributed by atoms with van der Waals surface area (Å²) in [4.78, 5) is 29.7. The Bertz CT molecular complexity index is 460. The number of aromatic amines is 1. The van der Waals surface area contributed by atoms with Crippen LogP contribution in [0.25, 0.3) is 0 Å². The molecule has 2 atom stereocenters. The molecular formula is C13H20N4O3S. The van der Waals surface area contributed by atoms with Crippen LogP contribution in [-0.2, 0) is 11.2 Å². The smallest absolute Gasteiger partial charge is 0.326 e. The molecule has 2 rings (SSSR count). The summed E-state index contributed by atoms with van der Waals surface area (Å²) < 4.78 is 0. The third-order valence-corrected chi connectivity index (χ3v) is 4.74. The number of hydrogen-bond acceptors (Lipinski definition) is 4. The molecule has 1 fully saturated rings. The maximum absolute atomic E-state index is 11.8. The molecule has 1 aromatic heterocycles. The molecule has 116 valence electrons. The van der Waals surface area contributed by atoms with Crippen LogP contribution in [0, 0.1) is 0 Å². The average Bonchev–Trinajstić information content (AvgIpc) is 2.98. The van der Waals surface area contributed by atoms with Crippen LogP contribution >= 0.6 is 11.8 Å². The van der Waals surface area contributed by atoms with Crippen LogP contribution in [0.2, 0.25) is 0 Å². The molecule has 1 aliphatic rings. The molecule has 0 spiro atoms. The summed E-state index contributed by atoms with van der Waals surface area (Å²) in [6, 6.07) is -1.41. The van der Waals surface area contributed by atoms with Crippen molar-refractivity contribution < 1.29 is 14.7 Å². The summed E-state index contributed by atoms with van der Waals surface area (Å²) >= 11 is 1.86. The van der Waals surface area contributed by atoms with Crippen LogP contribution in [0.4, 0.5) is 4.79 Å². The summed E-state index contributed by atoms with van der Waals surface area (Å²) in [6.07, 6.45) is 6.74. The number of H-pyrrole nitrogens is 1. The lowest BCUT2D eigenvalue weighted by molar-refractivity contribution is -0.139. The number of amides is 2. The highest BCUT2D eigenvalue weighted by Gasteiger charge is 2.22. The number of carboxylic acid groups (broad SMARTS) is 1. The standard InChI is InChI=1S/C13H20N4O3S/c18-12(19)11(5-9-6-14-8-16-9)17-13(20)15-7-10-3-1-2-4-21-10/h6,8,10-11H,1-5,7H2,(H,14,16)(H,18,19)(H2,15,17,20)/t10?,11-/m0/s1. The van der Waals surface area contributed by atoms with E-state index in [1.807, 2.05) is 11.8 Å². The number of imidazole rings is 1. The van der Waals surface area contributed by atoms with Gasteiger partial charge in [0.1, 0.15) is 6.04 Å². The molecule has 0 aromatic carbocycles. The summed E-state index contributed by atoms with van der Waals surface area (Å²) in [7, 11) is 0. The van der Waals surface area contributed by atoms with Gasteiger partial charge >= 0.3 is 12.0 Å². The Morgan fingerprint density at radius 1 is 1.52 bits per heavy atom.